The lowest BCUT2D eigenvalue weighted by Gasteiger charge is -2.15. The van der Waals surface area contributed by atoms with Gasteiger partial charge in [0.25, 0.3) is 0 Å². The van der Waals surface area contributed by atoms with Gasteiger partial charge in [-0.05, 0) is 20.8 Å². The first-order valence-corrected chi connectivity index (χ1v) is 6.63. The summed E-state index contributed by atoms with van der Waals surface area (Å²) >= 11 is 0. The maximum Gasteiger partial charge on any atom is 0.407 e. The lowest BCUT2D eigenvalue weighted by Crippen LogP contribution is -2.29. The second kappa shape index (κ2) is 8.08. The van der Waals surface area contributed by atoms with Crippen molar-refractivity contribution in [1.29, 1.82) is 0 Å². The summed E-state index contributed by atoms with van der Waals surface area (Å²) in [6.07, 6.45) is -0.825. The van der Waals surface area contributed by atoms with Gasteiger partial charge in [-0.25, -0.2) is 4.79 Å². The second-order valence-corrected chi connectivity index (χ2v) is 4.62. The average molecular weight is 298 g/mol. The molecule has 118 valence electrons. The van der Waals surface area contributed by atoms with Gasteiger partial charge in [0.1, 0.15) is 6.10 Å². The van der Waals surface area contributed by atoms with Crippen molar-refractivity contribution in [1.82, 2.24) is 20.3 Å². The molecule has 0 aliphatic rings. The number of nitrogens with one attached hydrogen (secondary N) is 3. The third-order valence-corrected chi connectivity index (χ3v) is 2.28. The van der Waals surface area contributed by atoms with E-state index in [2.05, 4.69) is 30.9 Å². The number of rotatable bonds is 7. The summed E-state index contributed by atoms with van der Waals surface area (Å²) in [7, 11) is 2.98. The zero-order chi connectivity index (χ0) is 15.8. The average Bonchev–Trinajstić information content (AvgIpc) is 2.44. The van der Waals surface area contributed by atoms with E-state index in [0.717, 1.165) is 0 Å². The summed E-state index contributed by atoms with van der Waals surface area (Å²) in [5.41, 5.74) is 0. The van der Waals surface area contributed by atoms with Gasteiger partial charge in [0.05, 0.1) is 13.7 Å². The predicted molar refractivity (Wildman–Crippen MR) is 78.6 cm³/mol. The molecule has 9 nitrogen and oxygen atoms in total. The molecule has 1 rings (SSSR count). The number of alkyl carbamates (subject to hydrolysis) is 1. The fourth-order valence-electron chi connectivity index (χ4n) is 1.37. The molecule has 0 bridgehead atoms. The number of carbonyl (C=O) groups excluding carboxylic acids is 1. The van der Waals surface area contributed by atoms with Crippen molar-refractivity contribution in [3.8, 4) is 6.01 Å². The minimum atomic E-state index is -0.486. The number of anilines is 2. The van der Waals surface area contributed by atoms with E-state index in [0.29, 0.717) is 18.4 Å². The van der Waals surface area contributed by atoms with Crippen LogP contribution in [0, 0.1) is 0 Å². The molecule has 1 heterocycles. The number of carbonyl (C=O) groups is 1. The van der Waals surface area contributed by atoms with Gasteiger partial charge in [-0.2, -0.15) is 15.0 Å². The van der Waals surface area contributed by atoms with Crippen molar-refractivity contribution in [3.05, 3.63) is 0 Å². The Hall–Kier alpha value is -2.32. The highest BCUT2D eigenvalue weighted by Gasteiger charge is 2.11. The van der Waals surface area contributed by atoms with Crippen LogP contribution in [0.15, 0.2) is 0 Å². The number of aromatic nitrogens is 3. The van der Waals surface area contributed by atoms with Crippen LogP contribution in [0.5, 0.6) is 6.01 Å². The van der Waals surface area contributed by atoms with Crippen molar-refractivity contribution >= 4 is 18.0 Å². The Balaban J connectivity index is 2.67. The molecule has 0 aliphatic heterocycles. The van der Waals surface area contributed by atoms with Gasteiger partial charge in [-0.3, -0.25) is 0 Å². The standard InChI is InChI=1S/C12H22N6O3/c1-7(2)15-10-16-9(17-11(18-10)20-5)14-6-8(3)21-12(19)13-4/h7-8H,6H2,1-5H3,(H,13,19)(H2,14,15,16,17,18). The smallest absolute Gasteiger partial charge is 0.407 e. The van der Waals surface area contributed by atoms with Gasteiger partial charge in [-0.15, -0.1) is 0 Å². The maximum absolute atomic E-state index is 11.1. The third-order valence-electron chi connectivity index (χ3n) is 2.28. The highest BCUT2D eigenvalue weighted by Crippen LogP contribution is 2.11. The summed E-state index contributed by atoms with van der Waals surface area (Å²) in [6.45, 7) is 6.07. The fourth-order valence-corrected chi connectivity index (χ4v) is 1.37. The SMILES string of the molecule is CNC(=O)OC(C)CNc1nc(NC(C)C)nc(OC)n1. The van der Waals surface area contributed by atoms with Crippen molar-refractivity contribution in [3.63, 3.8) is 0 Å². The molecular formula is C12H22N6O3. The zero-order valence-electron chi connectivity index (χ0n) is 12.9. The van der Waals surface area contributed by atoms with Crippen LogP contribution in [0.3, 0.4) is 0 Å². The van der Waals surface area contributed by atoms with Crippen LogP contribution in [0.25, 0.3) is 0 Å². The van der Waals surface area contributed by atoms with Crippen LogP contribution in [0.4, 0.5) is 16.7 Å². The normalized spacial score (nSPS) is 11.7. The quantitative estimate of drug-likeness (QED) is 0.679. The van der Waals surface area contributed by atoms with Crippen molar-refractivity contribution in [2.24, 2.45) is 0 Å². The van der Waals surface area contributed by atoms with Gasteiger partial charge in [0, 0.05) is 13.1 Å². The Kier molecular flexibility index (Phi) is 6.44. The van der Waals surface area contributed by atoms with E-state index in [-0.39, 0.29) is 18.2 Å². The first-order valence-electron chi connectivity index (χ1n) is 6.63. The Labute approximate surface area is 123 Å². The number of ether oxygens (including phenoxy) is 2. The molecule has 3 N–H and O–H groups in total. The molecular weight excluding hydrogens is 276 g/mol. The molecule has 0 aromatic carbocycles. The molecule has 0 spiro atoms. The Morgan fingerprint density at radius 2 is 1.86 bits per heavy atom. The summed E-state index contributed by atoms with van der Waals surface area (Å²) in [5, 5.41) is 8.43. The molecule has 1 aromatic heterocycles. The Bertz CT molecular complexity index is 468. The van der Waals surface area contributed by atoms with Crippen LogP contribution in [0.2, 0.25) is 0 Å². The van der Waals surface area contributed by atoms with Crippen molar-refractivity contribution in [2.45, 2.75) is 32.9 Å². The topological polar surface area (TPSA) is 110 Å². The summed E-state index contributed by atoms with van der Waals surface area (Å²) in [5.74, 6) is 0.761. The maximum atomic E-state index is 11.1. The van der Waals surface area contributed by atoms with E-state index in [1.54, 1.807) is 6.92 Å². The van der Waals surface area contributed by atoms with Gasteiger partial charge in [0.2, 0.25) is 11.9 Å². The number of nitrogens with zero attached hydrogens (tertiary/aromatic N) is 3. The third kappa shape index (κ3) is 6.11. The first-order chi connectivity index (χ1) is 9.94. The molecule has 1 atom stereocenters. The van der Waals surface area contributed by atoms with E-state index >= 15 is 0 Å². The Morgan fingerprint density at radius 1 is 1.19 bits per heavy atom. The molecule has 9 heteroatoms. The second-order valence-electron chi connectivity index (χ2n) is 4.62. The van der Waals surface area contributed by atoms with Crippen molar-refractivity contribution in [2.75, 3.05) is 31.3 Å². The van der Waals surface area contributed by atoms with Crippen LogP contribution >= 0.6 is 0 Å². The van der Waals surface area contributed by atoms with Crippen LogP contribution in [-0.2, 0) is 4.74 Å². The highest BCUT2D eigenvalue weighted by molar-refractivity contribution is 5.66. The molecule has 0 aliphatic carbocycles. The number of hydrogen-bond donors (Lipinski definition) is 3. The molecule has 21 heavy (non-hydrogen) atoms. The van der Waals surface area contributed by atoms with Crippen molar-refractivity contribution < 1.29 is 14.3 Å². The minimum absolute atomic E-state index is 0.181. The lowest BCUT2D eigenvalue weighted by molar-refractivity contribution is 0.114. The summed E-state index contributed by atoms with van der Waals surface area (Å²) in [6, 6.07) is 0.385. The van der Waals surface area contributed by atoms with Gasteiger partial charge in [0.15, 0.2) is 0 Å². The van der Waals surface area contributed by atoms with Gasteiger partial charge >= 0.3 is 12.1 Å². The predicted octanol–water partition coefficient (Wildman–Crippen LogP) is 0.857. The molecule has 0 saturated heterocycles. The lowest BCUT2D eigenvalue weighted by atomic mass is 10.4. The molecule has 0 saturated carbocycles. The van der Waals surface area contributed by atoms with Crippen LogP contribution in [0.1, 0.15) is 20.8 Å². The first kappa shape index (κ1) is 16.7. The summed E-state index contributed by atoms with van der Waals surface area (Å²) < 4.78 is 10.1. The largest absolute Gasteiger partial charge is 0.467 e. The van der Waals surface area contributed by atoms with E-state index in [9.17, 15) is 4.79 Å². The molecule has 0 radical (unpaired) electrons. The molecule has 1 aromatic rings. The number of methoxy groups -OCH3 is 1. The van der Waals surface area contributed by atoms with E-state index in [1.807, 2.05) is 13.8 Å². The highest BCUT2D eigenvalue weighted by atomic mass is 16.6. The minimum Gasteiger partial charge on any atom is -0.467 e. The van der Waals surface area contributed by atoms with E-state index < -0.39 is 6.09 Å². The number of amides is 1. The fraction of sp³-hybridized carbons (Fsp3) is 0.667. The van der Waals surface area contributed by atoms with Crippen LogP contribution < -0.4 is 20.7 Å². The Morgan fingerprint density at radius 3 is 2.43 bits per heavy atom. The summed E-state index contributed by atoms with van der Waals surface area (Å²) in [4.78, 5) is 23.5. The van der Waals surface area contributed by atoms with Gasteiger partial charge < -0.3 is 25.4 Å². The monoisotopic (exact) mass is 298 g/mol. The molecule has 1 amide bonds. The van der Waals surface area contributed by atoms with Gasteiger partial charge in [-0.1, -0.05) is 0 Å². The molecule has 1 unspecified atom stereocenters. The zero-order valence-corrected chi connectivity index (χ0v) is 12.9. The van der Waals surface area contributed by atoms with E-state index in [1.165, 1.54) is 14.2 Å². The molecule has 0 fully saturated rings. The number of hydrogen-bond acceptors (Lipinski definition) is 8. The van der Waals surface area contributed by atoms with Crippen LogP contribution in [-0.4, -0.2) is 53.9 Å². The van der Waals surface area contributed by atoms with E-state index in [4.69, 9.17) is 9.47 Å².